The van der Waals surface area contributed by atoms with Crippen molar-refractivity contribution < 1.29 is 4.39 Å². The van der Waals surface area contributed by atoms with Crippen LogP contribution in [0.1, 0.15) is 30.0 Å². The molecule has 1 unspecified atom stereocenters. The largest absolute Gasteiger partial charge is 0.330 e. The number of nitrogens with two attached hydrogens (primary N) is 1. The van der Waals surface area contributed by atoms with Crippen molar-refractivity contribution in [2.24, 2.45) is 5.73 Å². The van der Waals surface area contributed by atoms with Gasteiger partial charge in [-0.25, -0.2) is 4.39 Å². The molecule has 0 aliphatic rings. The monoisotopic (exact) mass is 258 g/mol. The summed E-state index contributed by atoms with van der Waals surface area (Å²) in [7, 11) is 0. The second-order valence-corrected chi connectivity index (χ2v) is 4.66. The van der Waals surface area contributed by atoms with E-state index < -0.39 is 0 Å². The van der Waals surface area contributed by atoms with Crippen LogP contribution in [-0.4, -0.2) is 11.5 Å². The van der Waals surface area contributed by atoms with Crippen molar-refractivity contribution in [1.82, 2.24) is 4.98 Å². The minimum atomic E-state index is -0.130. The molecular formula is C16H19FN2. The zero-order valence-electron chi connectivity index (χ0n) is 10.9. The molecule has 1 heterocycles. The Balaban J connectivity index is 2.04. The van der Waals surface area contributed by atoms with E-state index in [1.807, 2.05) is 30.3 Å². The number of nitrogens with zero attached hydrogens (tertiary/aromatic N) is 1. The number of aromatic nitrogens is 1. The molecule has 0 aliphatic carbocycles. The van der Waals surface area contributed by atoms with Crippen LogP contribution < -0.4 is 5.73 Å². The molecule has 0 saturated carbocycles. The van der Waals surface area contributed by atoms with Crippen molar-refractivity contribution in [2.45, 2.75) is 25.2 Å². The Kier molecular flexibility index (Phi) is 5.04. The molecule has 2 rings (SSSR count). The summed E-state index contributed by atoms with van der Waals surface area (Å²) in [4.78, 5) is 4.38. The molecule has 1 atom stereocenters. The highest BCUT2D eigenvalue weighted by Gasteiger charge is 2.13. The predicted molar refractivity (Wildman–Crippen MR) is 75.4 cm³/mol. The van der Waals surface area contributed by atoms with Crippen molar-refractivity contribution in [2.75, 3.05) is 6.54 Å². The molecule has 0 spiro atoms. The molecule has 0 fully saturated rings. The third-order valence-electron chi connectivity index (χ3n) is 3.34. The van der Waals surface area contributed by atoms with Crippen molar-refractivity contribution in [1.29, 1.82) is 0 Å². The van der Waals surface area contributed by atoms with E-state index in [-0.39, 0.29) is 5.82 Å². The van der Waals surface area contributed by atoms with Crippen LogP contribution >= 0.6 is 0 Å². The molecule has 2 aromatic rings. The summed E-state index contributed by atoms with van der Waals surface area (Å²) >= 11 is 0. The van der Waals surface area contributed by atoms with Gasteiger partial charge in [0.25, 0.3) is 0 Å². The first kappa shape index (κ1) is 13.7. The second-order valence-electron chi connectivity index (χ2n) is 4.66. The van der Waals surface area contributed by atoms with Gasteiger partial charge < -0.3 is 5.73 Å². The molecule has 100 valence electrons. The summed E-state index contributed by atoms with van der Waals surface area (Å²) in [6.45, 7) is 0.624. The average Bonchev–Trinajstić information content (AvgIpc) is 2.46. The minimum absolute atomic E-state index is 0.130. The summed E-state index contributed by atoms with van der Waals surface area (Å²) in [5.74, 6) is 0.167. The SMILES string of the molecule is NCCC(CCc1ccccc1F)c1ccccn1. The van der Waals surface area contributed by atoms with Gasteiger partial charge in [-0.05, 0) is 49.6 Å². The number of aryl methyl sites for hydroxylation is 1. The van der Waals surface area contributed by atoms with Gasteiger partial charge in [0, 0.05) is 17.8 Å². The number of hydrogen-bond acceptors (Lipinski definition) is 2. The minimum Gasteiger partial charge on any atom is -0.330 e. The first-order chi connectivity index (χ1) is 9.31. The van der Waals surface area contributed by atoms with E-state index in [9.17, 15) is 4.39 Å². The van der Waals surface area contributed by atoms with Crippen molar-refractivity contribution in [3.05, 3.63) is 65.7 Å². The number of rotatable bonds is 6. The summed E-state index contributed by atoms with van der Waals surface area (Å²) in [6.07, 6.45) is 4.26. The van der Waals surface area contributed by atoms with Crippen LogP contribution in [0.3, 0.4) is 0 Å². The van der Waals surface area contributed by atoms with Gasteiger partial charge >= 0.3 is 0 Å². The first-order valence-corrected chi connectivity index (χ1v) is 6.65. The fourth-order valence-corrected chi connectivity index (χ4v) is 2.29. The van der Waals surface area contributed by atoms with Crippen molar-refractivity contribution in [3.8, 4) is 0 Å². The molecule has 1 aromatic carbocycles. The fourth-order valence-electron chi connectivity index (χ4n) is 2.29. The second kappa shape index (κ2) is 7.00. The Labute approximate surface area is 113 Å². The number of pyridine rings is 1. The summed E-state index contributed by atoms with van der Waals surface area (Å²) in [5.41, 5.74) is 7.47. The van der Waals surface area contributed by atoms with Crippen LogP contribution in [-0.2, 0) is 6.42 Å². The Morgan fingerprint density at radius 1 is 1.05 bits per heavy atom. The lowest BCUT2D eigenvalue weighted by Crippen LogP contribution is -2.10. The molecule has 0 bridgehead atoms. The maximum atomic E-state index is 13.6. The maximum Gasteiger partial charge on any atom is 0.126 e. The number of halogens is 1. The molecule has 0 amide bonds. The van der Waals surface area contributed by atoms with Gasteiger partial charge in [-0.15, -0.1) is 0 Å². The number of hydrogen-bond donors (Lipinski definition) is 1. The van der Waals surface area contributed by atoms with Crippen LogP contribution in [0.5, 0.6) is 0 Å². The molecule has 2 nitrogen and oxygen atoms in total. The molecule has 0 saturated heterocycles. The Morgan fingerprint density at radius 3 is 2.53 bits per heavy atom. The highest BCUT2D eigenvalue weighted by molar-refractivity contribution is 5.18. The van der Waals surface area contributed by atoms with E-state index in [0.717, 1.165) is 24.1 Å². The average molecular weight is 258 g/mol. The lowest BCUT2D eigenvalue weighted by Gasteiger charge is -2.15. The molecule has 19 heavy (non-hydrogen) atoms. The van der Waals surface area contributed by atoms with Gasteiger partial charge in [0.2, 0.25) is 0 Å². The highest BCUT2D eigenvalue weighted by atomic mass is 19.1. The Morgan fingerprint density at radius 2 is 1.84 bits per heavy atom. The molecular weight excluding hydrogens is 239 g/mol. The van der Waals surface area contributed by atoms with Gasteiger partial charge in [-0.2, -0.15) is 0 Å². The molecule has 0 aliphatic heterocycles. The summed E-state index contributed by atoms with van der Waals surface area (Å²) in [6, 6.07) is 12.8. The van der Waals surface area contributed by atoms with Gasteiger partial charge in [-0.3, -0.25) is 4.98 Å². The molecule has 2 N–H and O–H groups in total. The summed E-state index contributed by atoms with van der Waals surface area (Å²) < 4.78 is 13.6. The molecule has 3 heteroatoms. The van der Waals surface area contributed by atoms with Crippen LogP contribution in [0.4, 0.5) is 4.39 Å². The first-order valence-electron chi connectivity index (χ1n) is 6.65. The van der Waals surface area contributed by atoms with Crippen LogP contribution in [0.25, 0.3) is 0 Å². The fraction of sp³-hybridized carbons (Fsp3) is 0.312. The standard InChI is InChI=1S/C16H19FN2/c17-15-6-2-1-5-13(15)8-9-14(10-11-18)16-7-3-4-12-19-16/h1-7,12,14H,8-11,18H2. The number of benzene rings is 1. The lowest BCUT2D eigenvalue weighted by atomic mass is 9.93. The van der Waals surface area contributed by atoms with E-state index in [4.69, 9.17) is 5.73 Å². The highest BCUT2D eigenvalue weighted by Crippen LogP contribution is 2.23. The van der Waals surface area contributed by atoms with E-state index in [1.165, 1.54) is 6.07 Å². The van der Waals surface area contributed by atoms with Crippen LogP contribution in [0.2, 0.25) is 0 Å². The van der Waals surface area contributed by atoms with E-state index >= 15 is 0 Å². The maximum absolute atomic E-state index is 13.6. The normalized spacial score (nSPS) is 12.3. The van der Waals surface area contributed by atoms with Crippen LogP contribution in [0.15, 0.2) is 48.7 Å². The van der Waals surface area contributed by atoms with E-state index in [2.05, 4.69) is 4.98 Å². The van der Waals surface area contributed by atoms with Gasteiger partial charge in [0.15, 0.2) is 0 Å². The third kappa shape index (κ3) is 3.86. The topological polar surface area (TPSA) is 38.9 Å². The quantitative estimate of drug-likeness (QED) is 0.863. The van der Waals surface area contributed by atoms with Gasteiger partial charge in [0.1, 0.15) is 5.82 Å². The zero-order chi connectivity index (χ0) is 13.5. The van der Waals surface area contributed by atoms with E-state index in [0.29, 0.717) is 18.9 Å². The smallest absolute Gasteiger partial charge is 0.126 e. The lowest BCUT2D eigenvalue weighted by molar-refractivity contribution is 0.551. The zero-order valence-corrected chi connectivity index (χ0v) is 10.9. The predicted octanol–water partition coefficient (Wildman–Crippen LogP) is 3.29. The van der Waals surface area contributed by atoms with E-state index in [1.54, 1.807) is 12.3 Å². The van der Waals surface area contributed by atoms with Gasteiger partial charge in [0.05, 0.1) is 0 Å². The molecule has 0 radical (unpaired) electrons. The molecule has 1 aromatic heterocycles. The van der Waals surface area contributed by atoms with Crippen LogP contribution in [0, 0.1) is 5.82 Å². The Bertz CT molecular complexity index is 499. The van der Waals surface area contributed by atoms with Crippen molar-refractivity contribution >= 4 is 0 Å². The summed E-state index contributed by atoms with van der Waals surface area (Å²) in [5, 5.41) is 0. The Hall–Kier alpha value is -1.74. The van der Waals surface area contributed by atoms with Gasteiger partial charge in [-0.1, -0.05) is 24.3 Å². The van der Waals surface area contributed by atoms with Crippen molar-refractivity contribution in [3.63, 3.8) is 0 Å². The third-order valence-corrected chi connectivity index (χ3v) is 3.34.